The summed E-state index contributed by atoms with van der Waals surface area (Å²) in [7, 11) is 3.95. The number of anilines is 2. The summed E-state index contributed by atoms with van der Waals surface area (Å²) in [5.41, 5.74) is 2.34. The van der Waals surface area contributed by atoms with Gasteiger partial charge in [-0.2, -0.15) is 0 Å². The van der Waals surface area contributed by atoms with Crippen LogP contribution >= 0.6 is 0 Å². The Morgan fingerprint density at radius 3 is 2.50 bits per heavy atom. The molecule has 0 heterocycles. The maximum absolute atomic E-state index is 13.2. The molecule has 4 aliphatic carbocycles. The van der Waals surface area contributed by atoms with Crippen LogP contribution in [0.2, 0.25) is 0 Å². The van der Waals surface area contributed by atoms with E-state index in [1.807, 2.05) is 43.3 Å². The van der Waals surface area contributed by atoms with Gasteiger partial charge in [-0.05, 0) is 91.2 Å². The molecule has 6 nitrogen and oxygen atoms in total. The second kappa shape index (κ2) is 8.89. The van der Waals surface area contributed by atoms with Crippen LogP contribution in [0.15, 0.2) is 48.1 Å². The van der Waals surface area contributed by atoms with Crippen LogP contribution in [-0.2, 0) is 14.3 Å². The lowest BCUT2D eigenvalue weighted by atomic mass is 9.47. The van der Waals surface area contributed by atoms with Crippen LogP contribution < -0.4 is 10.2 Å². The summed E-state index contributed by atoms with van der Waals surface area (Å²) in [5.74, 6) is 1.04. The number of ether oxygens (including phenoxy) is 1. The Hall–Kier alpha value is -2.89. The number of hydrogen-bond donors (Lipinski definition) is 1. The van der Waals surface area contributed by atoms with Gasteiger partial charge in [0.1, 0.15) is 11.9 Å². The number of carbonyl (C=O) groups is 3. The van der Waals surface area contributed by atoms with Gasteiger partial charge in [0.25, 0.3) is 0 Å². The topological polar surface area (TPSA) is 75.7 Å². The van der Waals surface area contributed by atoms with Crippen molar-refractivity contribution in [3.05, 3.63) is 48.1 Å². The fraction of sp³-hybridized carbons (Fsp3) is 0.567. The third kappa shape index (κ3) is 3.99. The number of amides is 1. The van der Waals surface area contributed by atoms with E-state index in [-0.39, 0.29) is 46.3 Å². The van der Waals surface area contributed by atoms with Gasteiger partial charge in [-0.3, -0.25) is 14.9 Å². The molecular weight excluding hydrogens is 452 g/mol. The van der Waals surface area contributed by atoms with E-state index in [4.69, 9.17) is 4.74 Å². The number of Topliss-reactive ketones (excluding diaryl/α,β-unsaturated/α-hetero) is 1. The highest BCUT2D eigenvalue weighted by Crippen LogP contribution is 2.65. The monoisotopic (exact) mass is 490 g/mol. The standard InChI is InChI=1S/C30H38N2O4/c1-18(33)24-12-13-25-23-11-6-19-16-22(34)14-15-29(19,2)27(23)26(17-30(24,25)3)36-28(35)31-20-7-9-21(10-8-20)32(4)5/h6-11,16,23-27H,12-15,17H2,1-5H3,(H,31,35)/t23-,24+,25-,26-,27-,29+,30+/m0/s1. The normalized spacial score (nSPS) is 36.8. The first-order chi connectivity index (χ1) is 17.0. The minimum absolute atomic E-state index is 0.0118. The van der Waals surface area contributed by atoms with Gasteiger partial charge in [0.05, 0.1) is 0 Å². The van der Waals surface area contributed by atoms with Crippen LogP contribution in [-0.4, -0.2) is 37.9 Å². The summed E-state index contributed by atoms with van der Waals surface area (Å²) in [6.07, 6.45) is 9.21. The number of carbonyl (C=O) groups excluding carboxylic acids is 3. The van der Waals surface area contributed by atoms with Crippen LogP contribution in [0.3, 0.4) is 0 Å². The molecule has 2 fully saturated rings. The number of nitrogens with one attached hydrogen (secondary N) is 1. The van der Waals surface area contributed by atoms with Gasteiger partial charge in [-0.15, -0.1) is 0 Å². The summed E-state index contributed by atoms with van der Waals surface area (Å²) in [6.45, 7) is 6.17. The van der Waals surface area contributed by atoms with Crippen molar-refractivity contribution in [3.8, 4) is 0 Å². The molecule has 0 saturated heterocycles. The van der Waals surface area contributed by atoms with E-state index >= 15 is 0 Å². The third-order valence-corrected chi connectivity index (χ3v) is 9.81. The van der Waals surface area contributed by atoms with E-state index in [1.54, 1.807) is 13.0 Å². The summed E-state index contributed by atoms with van der Waals surface area (Å²) < 4.78 is 6.27. The smallest absolute Gasteiger partial charge is 0.411 e. The van der Waals surface area contributed by atoms with Crippen LogP contribution in [0.4, 0.5) is 16.2 Å². The van der Waals surface area contributed by atoms with E-state index in [2.05, 4.69) is 31.3 Å². The molecule has 0 aromatic heterocycles. The van der Waals surface area contributed by atoms with Crippen molar-refractivity contribution in [1.82, 2.24) is 0 Å². The Bertz CT molecular complexity index is 1140. The second-order valence-corrected chi connectivity index (χ2v) is 12.0. The van der Waals surface area contributed by atoms with Crippen molar-refractivity contribution in [2.75, 3.05) is 24.3 Å². The highest BCUT2D eigenvalue weighted by Gasteiger charge is 2.63. The summed E-state index contributed by atoms with van der Waals surface area (Å²) in [5, 5.41) is 2.92. The minimum Gasteiger partial charge on any atom is -0.446 e. The van der Waals surface area contributed by atoms with Crippen LogP contribution in [0.25, 0.3) is 0 Å². The molecule has 36 heavy (non-hydrogen) atoms. The predicted molar refractivity (Wildman–Crippen MR) is 141 cm³/mol. The van der Waals surface area contributed by atoms with Gasteiger partial charge in [-0.25, -0.2) is 4.79 Å². The molecule has 0 radical (unpaired) electrons. The van der Waals surface area contributed by atoms with Crippen LogP contribution in [0.1, 0.15) is 52.9 Å². The summed E-state index contributed by atoms with van der Waals surface area (Å²) >= 11 is 0. The lowest BCUT2D eigenvalue weighted by molar-refractivity contribution is -0.134. The molecule has 0 unspecified atom stereocenters. The molecular formula is C30H38N2O4. The van der Waals surface area contributed by atoms with Crippen molar-refractivity contribution in [2.45, 2.75) is 59.0 Å². The number of hydrogen-bond acceptors (Lipinski definition) is 5. The van der Waals surface area contributed by atoms with Gasteiger partial charge in [0, 0.05) is 43.7 Å². The van der Waals surface area contributed by atoms with Crippen LogP contribution in [0, 0.1) is 34.5 Å². The molecule has 4 aliphatic rings. The molecule has 1 aromatic rings. The molecule has 2 saturated carbocycles. The predicted octanol–water partition coefficient (Wildman–Crippen LogP) is 5.79. The molecule has 1 amide bonds. The zero-order chi connectivity index (χ0) is 25.8. The molecule has 0 spiro atoms. The molecule has 0 bridgehead atoms. The lowest BCUT2D eigenvalue weighted by Gasteiger charge is -2.58. The van der Waals surface area contributed by atoms with Crippen molar-refractivity contribution in [3.63, 3.8) is 0 Å². The number of ketones is 2. The molecule has 1 aromatic carbocycles. The Morgan fingerprint density at radius 2 is 1.83 bits per heavy atom. The zero-order valence-corrected chi connectivity index (χ0v) is 22.0. The minimum atomic E-state index is -0.466. The highest BCUT2D eigenvalue weighted by molar-refractivity contribution is 5.92. The average Bonchev–Trinajstić information content (AvgIpc) is 3.16. The molecule has 1 N–H and O–H groups in total. The first kappa shape index (κ1) is 24.8. The number of rotatable bonds is 4. The van der Waals surface area contributed by atoms with Crippen molar-refractivity contribution >= 4 is 29.0 Å². The molecule has 6 heteroatoms. The van der Waals surface area contributed by atoms with Gasteiger partial charge in [0.15, 0.2) is 5.78 Å². The van der Waals surface area contributed by atoms with Gasteiger partial charge < -0.3 is 9.64 Å². The van der Waals surface area contributed by atoms with Gasteiger partial charge in [-0.1, -0.05) is 26.0 Å². The highest BCUT2D eigenvalue weighted by atomic mass is 16.6. The fourth-order valence-corrected chi connectivity index (χ4v) is 8.00. The first-order valence-electron chi connectivity index (χ1n) is 13.2. The van der Waals surface area contributed by atoms with Gasteiger partial charge >= 0.3 is 6.09 Å². The Labute approximate surface area is 214 Å². The number of fused-ring (bicyclic) bond motifs is 5. The largest absolute Gasteiger partial charge is 0.446 e. The Morgan fingerprint density at radius 1 is 1.11 bits per heavy atom. The third-order valence-electron chi connectivity index (χ3n) is 9.81. The number of benzene rings is 1. The maximum atomic E-state index is 13.2. The Balaban J connectivity index is 1.46. The van der Waals surface area contributed by atoms with E-state index in [0.717, 1.165) is 30.5 Å². The molecule has 0 aliphatic heterocycles. The second-order valence-electron chi connectivity index (χ2n) is 12.0. The fourth-order valence-electron chi connectivity index (χ4n) is 8.00. The summed E-state index contributed by atoms with van der Waals surface area (Å²) in [6, 6.07) is 7.66. The van der Waals surface area contributed by atoms with Crippen molar-refractivity contribution in [1.29, 1.82) is 0 Å². The molecule has 5 rings (SSSR count). The number of allylic oxidation sites excluding steroid dienone is 4. The van der Waals surface area contributed by atoms with Gasteiger partial charge in [0.2, 0.25) is 0 Å². The van der Waals surface area contributed by atoms with E-state index in [1.165, 1.54) is 0 Å². The zero-order valence-electron chi connectivity index (χ0n) is 22.0. The summed E-state index contributed by atoms with van der Waals surface area (Å²) in [4.78, 5) is 40.1. The maximum Gasteiger partial charge on any atom is 0.411 e. The van der Waals surface area contributed by atoms with E-state index in [0.29, 0.717) is 24.4 Å². The average molecular weight is 491 g/mol. The van der Waals surface area contributed by atoms with E-state index < -0.39 is 6.09 Å². The van der Waals surface area contributed by atoms with Crippen molar-refractivity contribution < 1.29 is 19.1 Å². The quantitative estimate of drug-likeness (QED) is 0.578. The number of nitrogens with zero attached hydrogens (tertiary/aromatic N) is 1. The van der Waals surface area contributed by atoms with E-state index in [9.17, 15) is 14.4 Å². The van der Waals surface area contributed by atoms with Crippen molar-refractivity contribution in [2.24, 2.45) is 34.5 Å². The van der Waals surface area contributed by atoms with Crippen LogP contribution in [0.5, 0.6) is 0 Å². The molecule has 7 atom stereocenters. The lowest BCUT2D eigenvalue weighted by Crippen LogP contribution is -2.57. The SMILES string of the molecule is CC(=O)[C@H]1CC[C@H]2[C@@H]3C=CC4=CC(=O)CC[C@@]4(C)[C@@H]3[C@@H](OC(=O)Nc3ccc(N(C)C)cc3)C[C@]12C. The first-order valence-corrected chi connectivity index (χ1v) is 13.2. The molecule has 192 valence electrons. The Kier molecular flexibility index (Phi) is 6.12.